The first kappa shape index (κ1) is 39.7. The second-order valence-corrected chi connectivity index (χ2v) is 17.4. The van der Waals surface area contributed by atoms with E-state index in [4.69, 9.17) is 24.2 Å². The molecule has 0 unspecified atom stereocenters. The van der Waals surface area contributed by atoms with Crippen molar-refractivity contribution in [3.05, 3.63) is 130 Å². The number of carbonyl (C=O) groups excluding carboxylic acids is 3. The lowest BCUT2D eigenvalue weighted by atomic mass is 9.90. The Kier molecular flexibility index (Phi) is 10.4. The average molecular weight is 816 g/mol. The largest absolute Gasteiger partial charge is 0.493 e. The lowest BCUT2D eigenvalue weighted by molar-refractivity contribution is -0.116. The molecular weight excluding hydrogens is 767 g/mol. The number of para-hydroxylation sites is 2. The Morgan fingerprint density at radius 1 is 0.721 bits per heavy atom. The summed E-state index contributed by atoms with van der Waals surface area (Å²) in [5, 5.41) is 3.10. The third-order valence-corrected chi connectivity index (χ3v) is 11.7. The van der Waals surface area contributed by atoms with E-state index in [1.165, 1.54) is 0 Å². The molecule has 0 fully saturated rings. The predicted octanol–water partition coefficient (Wildman–Crippen LogP) is 9.89. The lowest BCUT2D eigenvalue weighted by Gasteiger charge is -2.22. The number of benzene rings is 5. The molecule has 4 heterocycles. The molecule has 5 aromatic rings. The summed E-state index contributed by atoms with van der Waals surface area (Å²) in [5.41, 5.74) is 9.26. The van der Waals surface area contributed by atoms with Crippen LogP contribution in [0.1, 0.15) is 88.6 Å². The molecule has 4 aliphatic heterocycles. The van der Waals surface area contributed by atoms with Gasteiger partial charge in [0.2, 0.25) is 5.91 Å². The Morgan fingerprint density at radius 3 is 1.84 bits per heavy atom. The summed E-state index contributed by atoms with van der Waals surface area (Å²) in [7, 11) is 1.55. The number of aryl methyl sites for hydroxylation is 1. The van der Waals surface area contributed by atoms with Gasteiger partial charge >= 0.3 is 0 Å². The number of carbonyl (C=O) groups is 3. The van der Waals surface area contributed by atoms with Crippen molar-refractivity contribution in [3.63, 3.8) is 0 Å². The van der Waals surface area contributed by atoms with E-state index in [1.54, 1.807) is 24.1 Å². The maximum Gasteiger partial charge on any atom is 0.261 e. The Balaban J connectivity index is 0.957. The van der Waals surface area contributed by atoms with E-state index in [9.17, 15) is 14.4 Å². The minimum Gasteiger partial charge on any atom is -0.493 e. The van der Waals surface area contributed by atoms with Crippen LogP contribution in [0, 0.1) is 12.3 Å². The monoisotopic (exact) mass is 815 g/mol. The van der Waals surface area contributed by atoms with Gasteiger partial charge in [-0.1, -0.05) is 57.2 Å². The van der Waals surface area contributed by atoms with Gasteiger partial charge in [0.1, 0.15) is 19.0 Å². The molecule has 1 N–H and O–H groups in total. The summed E-state index contributed by atoms with van der Waals surface area (Å²) in [6.07, 6.45) is 7.21. The van der Waals surface area contributed by atoms with Crippen molar-refractivity contribution < 1.29 is 28.6 Å². The summed E-state index contributed by atoms with van der Waals surface area (Å²) in [6.45, 7) is 8.75. The molecule has 11 heteroatoms. The molecule has 0 bridgehead atoms. The molecule has 0 saturated heterocycles. The van der Waals surface area contributed by atoms with Crippen LogP contribution in [0.25, 0.3) is 0 Å². The highest BCUT2D eigenvalue weighted by molar-refractivity contribution is 6.15. The Morgan fingerprint density at radius 2 is 1.26 bits per heavy atom. The molecule has 0 saturated carbocycles. The van der Waals surface area contributed by atoms with E-state index in [-0.39, 0.29) is 48.4 Å². The van der Waals surface area contributed by atoms with Crippen molar-refractivity contribution >= 4 is 58.6 Å². The molecule has 61 heavy (non-hydrogen) atoms. The maximum absolute atomic E-state index is 14.0. The van der Waals surface area contributed by atoms with E-state index >= 15 is 0 Å². The molecule has 9 rings (SSSR count). The Bertz CT molecular complexity index is 2640. The molecule has 11 nitrogen and oxygen atoms in total. The van der Waals surface area contributed by atoms with Gasteiger partial charge in [-0.3, -0.25) is 34.2 Å². The van der Waals surface area contributed by atoms with Gasteiger partial charge in [-0.05, 0) is 95.5 Å². The first-order chi connectivity index (χ1) is 29.4. The van der Waals surface area contributed by atoms with E-state index in [0.29, 0.717) is 58.3 Å². The summed E-state index contributed by atoms with van der Waals surface area (Å²) in [4.78, 5) is 54.2. The van der Waals surface area contributed by atoms with Crippen LogP contribution in [-0.2, 0) is 30.8 Å². The third kappa shape index (κ3) is 8.00. The number of rotatable bonds is 11. The molecule has 0 aromatic heterocycles. The number of aliphatic imine (C=N–C) groups is 2. The fourth-order valence-corrected chi connectivity index (χ4v) is 8.72. The van der Waals surface area contributed by atoms with E-state index in [2.05, 4.69) is 32.2 Å². The van der Waals surface area contributed by atoms with Crippen LogP contribution >= 0.6 is 0 Å². The van der Waals surface area contributed by atoms with Gasteiger partial charge in [-0.2, -0.15) is 0 Å². The first-order valence-corrected chi connectivity index (χ1v) is 20.9. The SMILES string of the molecule is COc1cc2c(cc1OCc1cc(COc3cc4c(cc3C)C(=O)N3c5ccccc5C[C@H]3C=N4)cc(NC(=O)CCCC(C)(C)C)c1)N=C[C@@H]1Cc3ccccc3N1C2=O. The van der Waals surface area contributed by atoms with Crippen LogP contribution in [-0.4, -0.2) is 49.3 Å². The van der Waals surface area contributed by atoms with Gasteiger partial charge in [-0.15, -0.1) is 0 Å². The van der Waals surface area contributed by atoms with Crippen LogP contribution in [0.15, 0.2) is 101 Å². The fraction of sp³-hybridized carbons (Fsp3) is 0.300. The minimum atomic E-state index is -0.180. The number of methoxy groups -OCH3 is 1. The normalized spacial score (nSPS) is 17.1. The molecule has 3 amide bonds. The maximum atomic E-state index is 14.0. The van der Waals surface area contributed by atoms with Crippen LogP contribution < -0.4 is 29.3 Å². The fourth-order valence-electron chi connectivity index (χ4n) is 8.72. The highest BCUT2D eigenvalue weighted by atomic mass is 16.5. The smallest absolute Gasteiger partial charge is 0.261 e. The number of nitrogens with zero attached hydrogens (tertiary/aromatic N) is 4. The number of ether oxygens (including phenoxy) is 3. The topological polar surface area (TPSA) is 122 Å². The van der Waals surface area contributed by atoms with Gasteiger partial charge < -0.3 is 19.5 Å². The predicted molar refractivity (Wildman–Crippen MR) is 239 cm³/mol. The molecule has 5 aromatic carbocycles. The molecule has 0 radical (unpaired) electrons. The molecule has 2 atom stereocenters. The summed E-state index contributed by atoms with van der Waals surface area (Å²) in [5.74, 6) is 1.15. The number of hydrogen-bond acceptors (Lipinski definition) is 8. The number of anilines is 3. The van der Waals surface area contributed by atoms with Crippen LogP contribution in [0.2, 0.25) is 0 Å². The van der Waals surface area contributed by atoms with Crippen LogP contribution in [0.3, 0.4) is 0 Å². The van der Waals surface area contributed by atoms with Crippen molar-refractivity contribution in [1.29, 1.82) is 0 Å². The molecule has 4 aliphatic rings. The van der Waals surface area contributed by atoms with Gasteiger partial charge in [0, 0.05) is 60.9 Å². The van der Waals surface area contributed by atoms with Crippen LogP contribution in [0.4, 0.5) is 28.4 Å². The van der Waals surface area contributed by atoms with Crippen molar-refractivity contribution in [3.8, 4) is 17.2 Å². The highest BCUT2D eigenvalue weighted by Gasteiger charge is 2.38. The van der Waals surface area contributed by atoms with E-state index in [1.807, 2.05) is 97.0 Å². The van der Waals surface area contributed by atoms with Crippen molar-refractivity contribution in [2.24, 2.45) is 15.4 Å². The van der Waals surface area contributed by atoms with Gasteiger partial charge in [0.15, 0.2) is 11.5 Å². The summed E-state index contributed by atoms with van der Waals surface area (Å²) >= 11 is 0. The standard InChI is InChI=1S/C50H49N5O6/c1-30-17-38-40(51-26-36-21-33-11-6-8-13-42(33)54(36)48(38)57)24-44(30)60-28-31-18-32(20-35(19-31)53-47(56)15-10-16-50(2,3)4)29-61-46-25-41-39(23-45(46)59-5)49(58)55-37(27-52-41)22-34-12-7-9-14-43(34)55/h6-9,11-14,17-20,23-27,36-37H,10,15-16,21-22,28-29H2,1-5H3,(H,53,56)/t36-,37-/m0/s1. The zero-order valence-corrected chi connectivity index (χ0v) is 35.2. The minimum absolute atomic E-state index is 0.0699. The molecule has 0 spiro atoms. The zero-order valence-electron chi connectivity index (χ0n) is 35.2. The van der Waals surface area contributed by atoms with Gasteiger partial charge in [0.25, 0.3) is 11.8 Å². The number of fused-ring (bicyclic) bond motifs is 8. The van der Waals surface area contributed by atoms with Crippen molar-refractivity contribution in [2.75, 3.05) is 22.2 Å². The van der Waals surface area contributed by atoms with E-state index in [0.717, 1.165) is 58.5 Å². The molecule has 0 aliphatic carbocycles. The zero-order chi connectivity index (χ0) is 42.4. The molecular formula is C50H49N5O6. The summed E-state index contributed by atoms with van der Waals surface area (Å²) < 4.78 is 18.6. The number of nitrogens with one attached hydrogen (secondary N) is 1. The first-order valence-electron chi connectivity index (χ1n) is 20.9. The second-order valence-electron chi connectivity index (χ2n) is 17.4. The average Bonchev–Trinajstić information content (AvgIpc) is 3.73. The van der Waals surface area contributed by atoms with Gasteiger partial charge in [0.05, 0.1) is 41.7 Å². The quantitative estimate of drug-likeness (QED) is 0.142. The third-order valence-electron chi connectivity index (χ3n) is 11.7. The highest BCUT2D eigenvalue weighted by Crippen LogP contribution is 2.42. The lowest BCUT2D eigenvalue weighted by Crippen LogP contribution is -2.37. The van der Waals surface area contributed by atoms with Gasteiger partial charge in [-0.25, -0.2) is 0 Å². The van der Waals surface area contributed by atoms with Crippen molar-refractivity contribution in [2.45, 2.75) is 85.1 Å². The Labute approximate surface area is 356 Å². The number of amides is 3. The number of hydrogen-bond donors (Lipinski definition) is 1. The van der Waals surface area contributed by atoms with Crippen molar-refractivity contribution in [1.82, 2.24) is 0 Å². The second kappa shape index (κ2) is 16.0. The van der Waals surface area contributed by atoms with E-state index < -0.39 is 0 Å². The Hall–Kier alpha value is -6.75. The van der Waals surface area contributed by atoms with Crippen LogP contribution in [0.5, 0.6) is 17.2 Å². The molecule has 310 valence electrons. The summed E-state index contributed by atoms with van der Waals surface area (Å²) in [6, 6.07) is 28.5.